The minimum absolute atomic E-state index is 0.123. The van der Waals surface area contributed by atoms with E-state index in [0.717, 1.165) is 5.56 Å². The maximum atomic E-state index is 11.8. The molecule has 1 aliphatic rings. The number of rotatable bonds is 8. The Morgan fingerprint density at radius 2 is 2.00 bits per heavy atom. The summed E-state index contributed by atoms with van der Waals surface area (Å²) < 4.78 is 5.72. The van der Waals surface area contributed by atoms with Crippen molar-refractivity contribution < 1.29 is 9.66 Å². The lowest BCUT2D eigenvalue weighted by molar-refractivity contribution is -0.386. The Morgan fingerprint density at radius 3 is 2.52 bits per heavy atom. The highest BCUT2D eigenvalue weighted by atomic mass is 16.6. The number of ether oxygens (including phenoxy) is 1. The lowest BCUT2D eigenvalue weighted by Crippen LogP contribution is -2.10. The summed E-state index contributed by atoms with van der Waals surface area (Å²) in [5.41, 5.74) is 1.50. The van der Waals surface area contributed by atoms with E-state index in [2.05, 4.69) is 18.0 Å². The van der Waals surface area contributed by atoms with E-state index in [1.54, 1.807) is 12.2 Å². The van der Waals surface area contributed by atoms with Crippen molar-refractivity contribution in [1.29, 1.82) is 0 Å². The van der Waals surface area contributed by atoms with Crippen LogP contribution in [-0.2, 0) is 5.54 Å². The number of nitrogens with zero attached hydrogens (tertiary/aromatic N) is 2. The topological polar surface area (TPSA) is 56.7 Å². The Morgan fingerprint density at radius 1 is 1.30 bits per heavy atom. The SMILES string of the molecule is [C-]#[N+]C1(c2cc(C(C=C)c3ccccc3)c(OCC=C)c([N+](=O)[O-])c2)CC1. The molecule has 0 aliphatic heterocycles. The van der Waals surface area contributed by atoms with Crippen LogP contribution in [0.25, 0.3) is 4.85 Å². The van der Waals surface area contributed by atoms with E-state index in [1.807, 2.05) is 36.4 Å². The van der Waals surface area contributed by atoms with Crippen molar-refractivity contribution in [3.05, 3.63) is 106 Å². The molecule has 5 heteroatoms. The van der Waals surface area contributed by atoms with Gasteiger partial charge in [0.25, 0.3) is 5.54 Å². The number of allylic oxidation sites excluding steroid dienone is 1. The largest absolute Gasteiger partial charge is 0.482 e. The highest BCUT2D eigenvalue weighted by Crippen LogP contribution is 2.52. The van der Waals surface area contributed by atoms with Crippen LogP contribution in [0.4, 0.5) is 5.69 Å². The van der Waals surface area contributed by atoms with Gasteiger partial charge >= 0.3 is 5.69 Å². The zero-order valence-electron chi connectivity index (χ0n) is 14.9. The Kier molecular flexibility index (Phi) is 5.09. The molecule has 2 aromatic carbocycles. The predicted octanol–water partition coefficient (Wildman–Crippen LogP) is 5.39. The Hall–Kier alpha value is -3.39. The van der Waals surface area contributed by atoms with Crippen molar-refractivity contribution in [3.63, 3.8) is 0 Å². The van der Waals surface area contributed by atoms with E-state index in [9.17, 15) is 10.1 Å². The fraction of sp³-hybridized carbons (Fsp3) is 0.227. The molecule has 0 heterocycles. The summed E-state index contributed by atoms with van der Waals surface area (Å²) in [5, 5.41) is 11.8. The molecule has 0 amide bonds. The van der Waals surface area contributed by atoms with Crippen molar-refractivity contribution in [2.45, 2.75) is 24.3 Å². The van der Waals surface area contributed by atoms with Crippen LogP contribution in [0.15, 0.2) is 67.8 Å². The average molecular weight is 360 g/mol. The number of nitro benzene ring substituents is 1. The van der Waals surface area contributed by atoms with Crippen molar-refractivity contribution >= 4 is 5.69 Å². The van der Waals surface area contributed by atoms with Gasteiger partial charge in [-0.3, -0.25) is 10.1 Å². The van der Waals surface area contributed by atoms with Crippen LogP contribution in [0.3, 0.4) is 0 Å². The third-order valence-corrected chi connectivity index (χ3v) is 4.84. The van der Waals surface area contributed by atoms with E-state index >= 15 is 0 Å². The number of hydrogen-bond donors (Lipinski definition) is 0. The van der Waals surface area contributed by atoms with E-state index in [1.165, 1.54) is 6.07 Å². The second-order valence-electron chi connectivity index (χ2n) is 6.54. The van der Waals surface area contributed by atoms with E-state index in [4.69, 9.17) is 11.3 Å². The third kappa shape index (κ3) is 3.47. The number of benzene rings is 2. The van der Waals surface area contributed by atoms with Gasteiger partial charge in [-0.15, -0.1) is 6.58 Å². The van der Waals surface area contributed by atoms with Gasteiger partial charge in [0, 0.05) is 36.0 Å². The molecule has 0 radical (unpaired) electrons. The molecule has 136 valence electrons. The normalized spacial score (nSPS) is 15.2. The van der Waals surface area contributed by atoms with Gasteiger partial charge in [-0.1, -0.05) is 49.1 Å². The van der Waals surface area contributed by atoms with Gasteiger partial charge in [-0.2, -0.15) is 0 Å². The van der Waals surface area contributed by atoms with Crippen molar-refractivity contribution in [3.8, 4) is 5.75 Å². The zero-order valence-corrected chi connectivity index (χ0v) is 14.9. The first-order chi connectivity index (χ1) is 13.1. The molecular weight excluding hydrogens is 340 g/mol. The predicted molar refractivity (Wildman–Crippen MR) is 105 cm³/mol. The van der Waals surface area contributed by atoms with E-state index in [-0.39, 0.29) is 24.0 Å². The quantitative estimate of drug-likeness (QED) is 0.275. The maximum Gasteiger partial charge on any atom is 0.311 e. The first-order valence-electron chi connectivity index (χ1n) is 8.69. The highest BCUT2D eigenvalue weighted by molar-refractivity contribution is 5.60. The molecule has 1 aliphatic carbocycles. The molecule has 3 rings (SSSR count). The van der Waals surface area contributed by atoms with Crippen LogP contribution in [0.1, 0.15) is 35.4 Å². The molecular formula is C22H20N2O3. The minimum Gasteiger partial charge on any atom is -0.482 e. The summed E-state index contributed by atoms with van der Waals surface area (Å²) in [6, 6.07) is 13.0. The second-order valence-corrected chi connectivity index (χ2v) is 6.54. The van der Waals surface area contributed by atoms with Gasteiger partial charge in [0.1, 0.15) is 6.61 Å². The Bertz CT molecular complexity index is 925. The molecule has 1 fully saturated rings. The van der Waals surface area contributed by atoms with Crippen LogP contribution < -0.4 is 4.74 Å². The number of hydrogen-bond acceptors (Lipinski definition) is 3. The summed E-state index contributed by atoms with van der Waals surface area (Å²) in [6.07, 6.45) is 4.72. The fourth-order valence-corrected chi connectivity index (χ4v) is 3.26. The monoisotopic (exact) mass is 360 g/mol. The van der Waals surface area contributed by atoms with E-state index in [0.29, 0.717) is 24.0 Å². The summed E-state index contributed by atoms with van der Waals surface area (Å²) >= 11 is 0. The average Bonchev–Trinajstić information content (AvgIpc) is 3.49. The second kappa shape index (κ2) is 7.46. The maximum absolute atomic E-state index is 11.8. The Labute approximate surface area is 158 Å². The van der Waals surface area contributed by atoms with Gasteiger partial charge < -0.3 is 9.58 Å². The molecule has 5 nitrogen and oxygen atoms in total. The summed E-state index contributed by atoms with van der Waals surface area (Å²) in [5.74, 6) is -0.0793. The molecule has 0 N–H and O–H groups in total. The highest BCUT2D eigenvalue weighted by Gasteiger charge is 2.53. The van der Waals surface area contributed by atoms with Crippen LogP contribution in [-0.4, -0.2) is 11.5 Å². The van der Waals surface area contributed by atoms with Crippen LogP contribution in [0.2, 0.25) is 0 Å². The first-order valence-corrected chi connectivity index (χ1v) is 8.69. The van der Waals surface area contributed by atoms with Gasteiger partial charge in [0.2, 0.25) is 5.75 Å². The molecule has 1 unspecified atom stereocenters. The molecule has 0 spiro atoms. The summed E-state index contributed by atoms with van der Waals surface area (Å²) in [6.45, 7) is 15.2. The van der Waals surface area contributed by atoms with Gasteiger partial charge in [-0.25, -0.2) is 6.57 Å². The van der Waals surface area contributed by atoms with E-state index < -0.39 is 10.5 Å². The zero-order chi connectivity index (χ0) is 19.4. The molecule has 0 bridgehead atoms. The third-order valence-electron chi connectivity index (χ3n) is 4.84. The molecule has 0 aromatic heterocycles. The molecule has 1 saturated carbocycles. The summed E-state index contributed by atoms with van der Waals surface area (Å²) in [4.78, 5) is 15.1. The molecule has 0 saturated heterocycles. The van der Waals surface area contributed by atoms with Crippen LogP contribution in [0, 0.1) is 16.7 Å². The standard InChI is InChI=1S/C22H20N2O3/c1-4-13-27-21-19(18(5-2)16-9-7-6-8-10-16)14-17(15-20(21)24(25)26)22(23-3)11-12-22/h4-10,14-15,18H,1-2,11-13H2. The number of nitro groups is 1. The fourth-order valence-electron chi connectivity index (χ4n) is 3.26. The lowest BCUT2D eigenvalue weighted by atomic mass is 9.87. The van der Waals surface area contributed by atoms with Gasteiger partial charge in [0.05, 0.1) is 4.92 Å². The molecule has 1 atom stereocenters. The van der Waals surface area contributed by atoms with Gasteiger partial charge in [0.15, 0.2) is 0 Å². The minimum atomic E-state index is -0.654. The summed E-state index contributed by atoms with van der Waals surface area (Å²) in [7, 11) is 0. The Balaban J connectivity index is 2.25. The first kappa shape index (κ1) is 18.4. The van der Waals surface area contributed by atoms with Crippen molar-refractivity contribution in [1.82, 2.24) is 0 Å². The van der Waals surface area contributed by atoms with Crippen LogP contribution >= 0.6 is 0 Å². The van der Waals surface area contributed by atoms with Crippen molar-refractivity contribution in [2.75, 3.05) is 6.61 Å². The van der Waals surface area contributed by atoms with Crippen LogP contribution in [0.5, 0.6) is 5.75 Å². The lowest BCUT2D eigenvalue weighted by Gasteiger charge is -2.19. The molecule has 2 aromatic rings. The van der Waals surface area contributed by atoms with Crippen molar-refractivity contribution in [2.24, 2.45) is 0 Å². The van der Waals surface area contributed by atoms with Gasteiger partial charge in [-0.05, 0) is 11.6 Å². The molecule has 27 heavy (non-hydrogen) atoms. The smallest absolute Gasteiger partial charge is 0.311 e.